The second kappa shape index (κ2) is 4.67. The van der Waals surface area contributed by atoms with Gasteiger partial charge in [0.15, 0.2) is 0 Å². The van der Waals surface area contributed by atoms with Crippen LogP contribution in [0, 0.1) is 20.8 Å². The Morgan fingerprint density at radius 2 is 1.85 bits per heavy atom. The minimum Gasteiger partial charge on any atom is -0.496 e. The van der Waals surface area contributed by atoms with Gasteiger partial charge in [0.2, 0.25) is 0 Å². The highest BCUT2D eigenvalue weighted by atomic mass is 16.5. The van der Waals surface area contributed by atoms with E-state index in [2.05, 4.69) is 49.6 Å². The topological polar surface area (TPSA) is 26.5 Å². The van der Waals surface area contributed by atoms with Crippen molar-refractivity contribution < 1.29 is 4.74 Å². The molecule has 2 heterocycles. The fourth-order valence-corrected chi connectivity index (χ4v) is 2.56. The minimum absolute atomic E-state index is 0.922. The average molecular weight is 266 g/mol. The smallest absolute Gasteiger partial charge is 0.137 e. The largest absolute Gasteiger partial charge is 0.496 e. The normalized spacial score (nSPS) is 11.0. The highest BCUT2D eigenvalue weighted by molar-refractivity contribution is 5.68. The lowest BCUT2D eigenvalue weighted by molar-refractivity contribution is 0.411. The van der Waals surface area contributed by atoms with E-state index in [9.17, 15) is 0 Å². The Labute approximate surface area is 118 Å². The van der Waals surface area contributed by atoms with Crippen LogP contribution in [0.5, 0.6) is 5.75 Å². The molecule has 3 aromatic rings. The van der Waals surface area contributed by atoms with E-state index >= 15 is 0 Å². The van der Waals surface area contributed by atoms with Crippen LogP contribution in [0.3, 0.4) is 0 Å². The van der Waals surface area contributed by atoms with Crippen LogP contribution in [-0.2, 0) is 0 Å². The first-order valence-corrected chi connectivity index (χ1v) is 6.70. The van der Waals surface area contributed by atoms with Gasteiger partial charge in [-0.1, -0.05) is 6.07 Å². The van der Waals surface area contributed by atoms with Crippen LogP contribution in [0.25, 0.3) is 16.9 Å². The van der Waals surface area contributed by atoms with Gasteiger partial charge in [0.25, 0.3) is 0 Å². The van der Waals surface area contributed by atoms with Gasteiger partial charge in [0, 0.05) is 17.5 Å². The van der Waals surface area contributed by atoms with Crippen LogP contribution in [0.15, 0.2) is 36.5 Å². The van der Waals surface area contributed by atoms with Gasteiger partial charge in [-0.15, -0.1) is 0 Å². The number of rotatable bonds is 2. The SMILES string of the molecule is COc1cc(C)c(-c2cn3c(C)cccc3n2)cc1C. The van der Waals surface area contributed by atoms with Crippen LogP contribution in [0.1, 0.15) is 16.8 Å². The number of benzene rings is 1. The predicted molar refractivity (Wildman–Crippen MR) is 81.4 cm³/mol. The number of ether oxygens (including phenoxy) is 1. The molecular formula is C17H18N2O. The van der Waals surface area contributed by atoms with Crippen molar-refractivity contribution in [3.8, 4) is 17.0 Å². The second-order valence-electron chi connectivity index (χ2n) is 5.16. The molecule has 3 nitrogen and oxygen atoms in total. The molecule has 0 aliphatic rings. The Hall–Kier alpha value is -2.29. The molecule has 0 N–H and O–H groups in total. The number of aryl methyl sites for hydroxylation is 3. The summed E-state index contributed by atoms with van der Waals surface area (Å²) >= 11 is 0. The molecule has 0 aliphatic carbocycles. The Kier molecular flexibility index (Phi) is 2.97. The Bertz CT molecular complexity index is 787. The maximum absolute atomic E-state index is 5.37. The van der Waals surface area contributed by atoms with E-state index in [1.807, 2.05) is 12.1 Å². The molecule has 0 fully saturated rings. The minimum atomic E-state index is 0.922. The zero-order valence-electron chi connectivity index (χ0n) is 12.3. The van der Waals surface area contributed by atoms with Crippen molar-refractivity contribution in [2.45, 2.75) is 20.8 Å². The third-order valence-electron chi connectivity index (χ3n) is 3.71. The number of pyridine rings is 1. The van der Waals surface area contributed by atoms with Gasteiger partial charge < -0.3 is 9.14 Å². The second-order valence-corrected chi connectivity index (χ2v) is 5.16. The molecule has 0 radical (unpaired) electrons. The molecule has 2 aromatic heterocycles. The maximum atomic E-state index is 5.37. The van der Waals surface area contributed by atoms with E-state index < -0.39 is 0 Å². The van der Waals surface area contributed by atoms with Gasteiger partial charge in [-0.2, -0.15) is 0 Å². The summed E-state index contributed by atoms with van der Waals surface area (Å²) in [5, 5.41) is 0. The lowest BCUT2D eigenvalue weighted by Gasteiger charge is -2.09. The van der Waals surface area contributed by atoms with E-state index in [4.69, 9.17) is 9.72 Å². The predicted octanol–water partition coefficient (Wildman–Crippen LogP) is 3.94. The highest BCUT2D eigenvalue weighted by Gasteiger charge is 2.10. The molecule has 20 heavy (non-hydrogen) atoms. The summed E-state index contributed by atoms with van der Waals surface area (Å²) in [6.07, 6.45) is 2.10. The monoisotopic (exact) mass is 266 g/mol. The molecule has 0 amide bonds. The fraction of sp³-hybridized carbons (Fsp3) is 0.235. The number of hydrogen-bond acceptors (Lipinski definition) is 2. The van der Waals surface area contributed by atoms with Crippen molar-refractivity contribution in [2.75, 3.05) is 7.11 Å². The summed E-state index contributed by atoms with van der Waals surface area (Å²) in [4.78, 5) is 4.72. The maximum Gasteiger partial charge on any atom is 0.137 e. The number of hydrogen-bond donors (Lipinski definition) is 0. The zero-order chi connectivity index (χ0) is 14.3. The van der Waals surface area contributed by atoms with Crippen molar-refractivity contribution in [1.82, 2.24) is 9.38 Å². The first-order chi connectivity index (χ1) is 9.60. The molecule has 3 rings (SSSR count). The highest BCUT2D eigenvalue weighted by Crippen LogP contribution is 2.29. The first-order valence-electron chi connectivity index (χ1n) is 6.70. The molecule has 0 atom stereocenters. The number of nitrogens with zero attached hydrogens (tertiary/aromatic N) is 2. The summed E-state index contributed by atoms with van der Waals surface area (Å²) in [7, 11) is 1.70. The standard InChI is InChI=1S/C17H18N2O/c1-11-9-16(20-4)12(2)8-14(11)15-10-19-13(3)6-5-7-17(19)18-15/h5-10H,1-4H3. The number of methoxy groups -OCH3 is 1. The Balaban J connectivity index is 2.20. The van der Waals surface area contributed by atoms with Crippen molar-refractivity contribution in [2.24, 2.45) is 0 Å². The van der Waals surface area contributed by atoms with Crippen LogP contribution in [0.2, 0.25) is 0 Å². The number of fused-ring (bicyclic) bond motifs is 1. The van der Waals surface area contributed by atoms with Crippen LogP contribution < -0.4 is 4.74 Å². The quantitative estimate of drug-likeness (QED) is 0.702. The summed E-state index contributed by atoms with van der Waals surface area (Å²) in [5.74, 6) is 0.922. The lowest BCUT2D eigenvalue weighted by Crippen LogP contribution is -1.91. The van der Waals surface area contributed by atoms with Gasteiger partial charge in [-0.25, -0.2) is 4.98 Å². The third kappa shape index (κ3) is 1.95. The molecular weight excluding hydrogens is 248 g/mol. The fourth-order valence-electron chi connectivity index (χ4n) is 2.56. The van der Waals surface area contributed by atoms with E-state index in [0.29, 0.717) is 0 Å². The molecule has 0 unspecified atom stereocenters. The Morgan fingerprint density at radius 3 is 2.55 bits per heavy atom. The summed E-state index contributed by atoms with van der Waals surface area (Å²) in [6, 6.07) is 10.4. The van der Waals surface area contributed by atoms with Crippen molar-refractivity contribution in [1.29, 1.82) is 0 Å². The third-order valence-corrected chi connectivity index (χ3v) is 3.71. The average Bonchev–Trinajstić information content (AvgIpc) is 2.86. The first kappa shape index (κ1) is 12.7. The van der Waals surface area contributed by atoms with E-state index in [1.54, 1.807) is 7.11 Å². The van der Waals surface area contributed by atoms with Crippen molar-refractivity contribution in [3.05, 3.63) is 53.3 Å². The molecule has 0 saturated heterocycles. The lowest BCUT2D eigenvalue weighted by atomic mass is 10.0. The summed E-state index contributed by atoms with van der Waals surface area (Å²) < 4.78 is 7.49. The van der Waals surface area contributed by atoms with E-state index in [1.165, 1.54) is 11.3 Å². The molecule has 102 valence electrons. The van der Waals surface area contributed by atoms with Gasteiger partial charge in [-0.05, 0) is 56.2 Å². The summed E-state index contributed by atoms with van der Waals surface area (Å²) in [5.41, 5.74) is 6.63. The van der Waals surface area contributed by atoms with Crippen molar-refractivity contribution in [3.63, 3.8) is 0 Å². The van der Waals surface area contributed by atoms with Crippen LogP contribution in [-0.4, -0.2) is 16.5 Å². The number of imidazole rings is 1. The summed E-state index contributed by atoms with van der Waals surface area (Å²) in [6.45, 7) is 6.24. The molecule has 3 heteroatoms. The van der Waals surface area contributed by atoms with Gasteiger partial charge >= 0.3 is 0 Å². The number of aromatic nitrogens is 2. The molecule has 0 spiro atoms. The molecule has 0 aliphatic heterocycles. The van der Waals surface area contributed by atoms with Gasteiger partial charge in [-0.3, -0.25) is 0 Å². The molecule has 0 saturated carbocycles. The van der Waals surface area contributed by atoms with Gasteiger partial charge in [0.1, 0.15) is 11.4 Å². The van der Waals surface area contributed by atoms with Gasteiger partial charge in [0.05, 0.1) is 12.8 Å². The zero-order valence-corrected chi connectivity index (χ0v) is 12.3. The molecule has 1 aromatic carbocycles. The van der Waals surface area contributed by atoms with Crippen molar-refractivity contribution >= 4 is 5.65 Å². The van der Waals surface area contributed by atoms with Crippen LogP contribution in [0.4, 0.5) is 0 Å². The Morgan fingerprint density at radius 1 is 1.05 bits per heavy atom. The van der Waals surface area contributed by atoms with E-state index in [-0.39, 0.29) is 0 Å². The van der Waals surface area contributed by atoms with E-state index in [0.717, 1.165) is 28.2 Å². The molecule has 0 bridgehead atoms. The van der Waals surface area contributed by atoms with Crippen LogP contribution >= 0.6 is 0 Å².